The lowest BCUT2D eigenvalue weighted by molar-refractivity contribution is -0.125. The zero-order valence-corrected chi connectivity index (χ0v) is 14.9. The fourth-order valence-corrected chi connectivity index (χ4v) is 3.38. The Morgan fingerprint density at radius 3 is 2.50 bits per heavy atom. The predicted octanol–water partition coefficient (Wildman–Crippen LogP) is 1.39. The molecule has 26 heavy (non-hydrogen) atoms. The highest BCUT2D eigenvalue weighted by Crippen LogP contribution is 2.33. The van der Waals surface area contributed by atoms with E-state index in [0.29, 0.717) is 0 Å². The van der Waals surface area contributed by atoms with Crippen molar-refractivity contribution in [3.8, 4) is 0 Å². The molecule has 0 radical (unpaired) electrons. The Kier molecular flexibility index (Phi) is 5.25. The number of aromatic amines is 1. The van der Waals surface area contributed by atoms with Crippen molar-refractivity contribution in [2.24, 2.45) is 0 Å². The normalized spacial score (nSPS) is 15.6. The third-order valence-electron chi connectivity index (χ3n) is 4.84. The van der Waals surface area contributed by atoms with Crippen LogP contribution in [-0.4, -0.2) is 27.8 Å². The number of anilines is 1. The van der Waals surface area contributed by atoms with Gasteiger partial charge in [0.1, 0.15) is 5.54 Å². The van der Waals surface area contributed by atoms with Crippen molar-refractivity contribution in [3.05, 3.63) is 62.7 Å². The van der Waals surface area contributed by atoms with E-state index in [1.807, 2.05) is 31.2 Å². The second-order valence-corrected chi connectivity index (χ2v) is 6.84. The molecule has 0 bridgehead atoms. The molecule has 1 fully saturated rings. The summed E-state index contributed by atoms with van der Waals surface area (Å²) in [5.41, 5.74) is 0.833. The van der Waals surface area contributed by atoms with Crippen LogP contribution in [0, 0.1) is 6.92 Å². The van der Waals surface area contributed by atoms with Gasteiger partial charge in [-0.15, -0.1) is 0 Å². The van der Waals surface area contributed by atoms with Crippen LogP contribution in [0.2, 0.25) is 0 Å². The molecule has 0 unspecified atom stereocenters. The Balaban J connectivity index is 1.65. The first-order valence-electron chi connectivity index (χ1n) is 8.92. The van der Waals surface area contributed by atoms with Gasteiger partial charge in [-0.05, 0) is 31.9 Å². The van der Waals surface area contributed by atoms with Crippen LogP contribution in [0.3, 0.4) is 0 Å². The first-order valence-corrected chi connectivity index (χ1v) is 8.92. The molecule has 0 aliphatic heterocycles. The monoisotopic (exact) mass is 356 g/mol. The molecule has 0 spiro atoms. The number of hydrogen-bond acceptors (Lipinski definition) is 4. The third kappa shape index (κ3) is 4.04. The minimum Gasteiger partial charge on any atom is -0.371 e. The predicted molar refractivity (Wildman–Crippen MR) is 100 cm³/mol. The number of rotatable bonds is 6. The maximum absolute atomic E-state index is 12.8. The molecule has 3 N–H and O–H groups in total. The highest BCUT2D eigenvalue weighted by molar-refractivity contribution is 5.89. The van der Waals surface area contributed by atoms with Gasteiger partial charge in [0.15, 0.2) is 0 Å². The topological polar surface area (TPSA) is 96.0 Å². The smallest absolute Gasteiger partial charge is 0.265 e. The number of H-pyrrole nitrogens is 1. The molecule has 1 aliphatic carbocycles. The van der Waals surface area contributed by atoms with Crippen LogP contribution < -0.4 is 21.8 Å². The van der Waals surface area contributed by atoms with Crippen molar-refractivity contribution in [3.63, 3.8) is 0 Å². The summed E-state index contributed by atoms with van der Waals surface area (Å²) in [6.07, 6.45) is 3.54. The number of nitrogens with one attached hydrogen (secondary N) is 3. The zero-order valence-electron chi connectivity index (χ0n) is 14.9. The summed E-state index contributed by atoms with van der Waals surface area (Å²) in [6, 6.07) is 10.4. The number of aromatic nitrogens is 2. The van der Waals surface area contributed by atoms with Gasteiger partial charge >= 0.3 is 0 Å². The number of amides is 1. The quantitative estimate of drug-likeness (QED) is 0.729. The molecule has 1 aromatic carbocycles. The molecule has 1 saturated carbocycles. The van der Waals surface area contributed by atoms with Gasteiger partial charge in [-0.2, -0.15) is 0 Å². The molecule has 1 heterocycles. The number of aryl methyl sites for hydroxylation is 1. The van der Waals surface area contributed by atoms with Crippen LogP contribution in [0.4, 0.5) is 5.69 Å². The highest BCUT2D eigenvalue weighted by atomic mass is 16.2. The van der Waals surface area contributed by atoms with Crippen molar-refractivity contribution in [2.45, 2.75) is 44.7 Å². The van der Waals surface area contributed by atoms with Crippen LogP contribution in [0.15, 0.2) is 46.0 Å². The van der Waals surface area contributed by atoms with Crippen LogP contribution in [0.5, 0.6) is 0 Å². The fourth-order valence-electron chi connectivity index (χ4n) is 3.38. The summed E-state index contributed by atoms with van der Waals surface area (Å²) in [5, 5.41) is 8.78. The van der Waals surface area contributed by atoms with E-state index in [9.17, 15) is 14.4 Å². The molecule has 0 atom stereocenters. The average molecular weight is 356 g/mol. The van der Waals surface area contributed by atoms with Gasteiger partial charge in [-0.3, -0.25) is 19.5 Å². The van der Waals surface area contributed by atoms with Gasteiger partial charge in [0.25, 0.3) is 11.1 Å². The van der Waals surface area contributed by atoms with Gasteiger partial charge < -0.3 is 10.6 Å². The number of carbonyl (C=O) groups excluding carboxylic acids is 1. The molecule has 1 aromatic heterocycles. The van der Waals surface area contributed by atoms with Gasteiger partial charge in [0.05, 0.1) is 6.54 Å². The molecule has 1 amide bonds. The summed E-state index contributed by atoms with van der Waals surface area (Å²) in [7, 11) is 0. The van der Waals surface area contributed by atoms with Crippen molar-refractivity contribution >= 4 is 11.6 Å². The lowest BCUT2D eigenvalue weighted by Crippen LogP contribution is -2.51. The van der Waals surface area contributed by atoms with Gasteiger partial charge in [0, 0.05) is 24.4 Å². The van der Waals surface area contributed by atoms with Gasteiger partial charge in [-0.1, -0.05) is 30.5 Å². The molecule has 3 rings (SSSR count). The van der Waals surface area contributed by atoms with Crippen LogP contribution >= 0.6 is 0 Å². The first-order chi connectivity index (χ1) is 12.5. The number of carbonyl (C=O) groups is 1. The number of nitrogens with zero attached hydrogens (tertiary/aromatic N) is 1. The van der Waals surface area contributed by atoms with Gasteiger partial charge in [-0.25, -0.2) is 4.68 Å². The molecule has 7 heteroatoms. The third-order valence-corrected chi connectivity index (χ3v) is 4.84. The summed E-state index contributed by atoms with van der Waals surface area (Å²) < 4.78 is 1.21. The second-order valence-electron chi connectivity index (χ2n) is 6.84. The van der Waals surface area contributed by atoms with Crippen molar-refractivity contribution < 1.29 is 4.79 Å². The Bertz CT molecular complexity index is 877. The maximum Gasteiger partial charge on any atom is 0.265 e. The van der Waals surface area contributed by atoms with E-state index in [1.54, 1.807) is 0 Å². The number of benzene rings is 1. The lowest BCUT2D eigenvalue weighted by Gasteiger charge is -2.30. The first kappa shape index (κ1) is 18.0. The standard InChI is InChI=1S/C19H24N4O3/c1-14-4-6-15(7-5-14)21-19(10-2-3-11-19)18(26)20-12-13-23-17(25)9-8-16(24)22-23/h4-9,21H,2-3,10-13H2,1H3,(H,20,26)(H,22,24). The van der Waals surface area contributed by atoms with E-state index in [2.05, 4.69) is 15.7 Å². The van der Waals surface area contributed by atoms with Crippen molar-refractivity contribution in [2.75, 3.05) is 11.9 Å². The molecular weight excluding hydrogens is 332 g/mol. The second kappa shape index (κ2) is 7.59. The molecule has 1 aliphatic rings. The van der Waals surface area contributed by atoms with Gasteiger partial charge in [0.2, 0.25) is 5.91 Å². The van der Waals surface area contributed by atoms with E-state index >= 15 is 0 Å². The van der Waals surface area contributed by atoms with Crippen LogP contribution in [0.25, 0.3) is 0 Å². The van der Waals surface area contributed by atoms with Crippen LogP contribution in [-0.2, 0) is 11.3 Å². The van der Waals surface area contributed by atoms with E-state index in [0.717, 1.165) is 31.4 Å². The molecule has 0 saturated heterocycles. The Morgan fingerprint density at radius 2 is 1.81 bits per heavy atom. The largest absolute Gasteiger partial charge is 0.371 e. The Labute approximate surface area is 151 Å². The summed E-state index contributed by atoms with van der Waals surface area (Å²) in [4.78, 5) is 35.9. The Hall–Kier alpha value is -2.83. The van der Waals surface area contributed by atoms with E-state index in [1.165, 1.54) is 22.4 Å². The van der Waals surface area contributed by atoms with E-state index < -0.39 is 5.54 Å². The fraction of sp³-hybridized carbons (Fsp3) is 0.421. The SMILES string of the molecule is Cc1ccc(NC2(C(=O)NCCn3[nH]c(=O)ccc3=O)CCCC2)cc1. The molecular formula is C19H24N4O3. The van der Waals surface area contributed by atoms with E-state index in [-0.39, 0.29) is 30.1 Å². The minimum atomic E-state index is -0.621. The van der Waals surface area contributed by atoms with E-state index in [4.69, 9.17) is 0 Å². The highest BCUT2D eigenvalue weighted by Gasteiger charge is 2.40. The summed E-state index contributed by atoms with van der Waals surface area (Å²) in [5.74, 6) is -0.0677. The van der Waals surface area contributed by atoms with Crippen LogP contribution in [0.1, 0.15) is 31.2 Å². The maximum atomic E-state index is 12.8. The molecule has 2 aromatic rings. The van der Waals surface area contributed by atoms with Crippen molar-refractivity contribution in [1.82, 2.24) is 15.1 Å². The van der Waals surface area contributed by atoms with Crippen molar-refractivity contribution in [1.29, 1.82) is 0 Å². The molecule has 138 valence electrons. The lowest BCUT2D eigenvalue weighted by atomic mass is 9.95. The summed E-state index contributed by atoms with van der Waals surface area (Å²) >= 11 is 0. The zero-order chi connectivity index (χ0) is 18.6. The summed E-state index contributed by atoms with van der Waals surface area (Å²) in [6.45, 7) is 2.52. The molecule has 7 nitrogen and oxygen atoms in total. The number of hydrogen-bond donors (Lipinski definition) is 3. The minimum absolute atomic E-state index is 0.0677. The Morgan fingerprint density at radius 1 is 1.12 bits per heavy atom. The average Bonchev–Trinajstić information content (AvgIpc) is 3.10.